The highest BCUT2D eigenvalue weighted by Gasteiger charge is 2.32. The molecule has 8 nitrogen and oxygen atoms in total. The first-order chi connectivity index (χ1) is 11.2. The lowest BCUT2D eigenvalue weighted by atomic mass is 10.2. The smallest absolute Gasteiger partial charge is 0.414 e. The van der Waals surface area contributed by atoms with Crippen LogP contribution in [0.4, 0.5) is 4.79 Å². The molecule has 0 radical (unpaired) electrons. The monoisotopic (exact) mass is 323 g/mol. The van der Waals surface area contributed by atoms with Gasteiger partial charge in [-0.1, -0.05) is 12.2 Å². The van der Waals surface area contributed by atoms with Crippen molar-refractivity contribution in [3.8, 4) is 0 Å². The molecule has 8 heteroatoms. The van der Waals surface area contributed by atoms with Crippen molar-refractivity contribution in [1.82, 2.24) is 15.1 Å². The molecule has 1 unspecified atom stereocenters. The summed E-state index contributed by atoms with van der Waals surface area (Å²) in [5, 5.41) is 2.50. The van der Waals surface area contributed by atoms with Gasteiger partial charge in [-0.3, -0.25) is 14.5 Å². The average molecular weight is 323 g/mol. The molecule has 3 amide bonds. The number of allylic oxidation sites excluding steroid dienone is 2. The maximum absolute atomic E-state index is 11.9. The molecular weight excluding hydrogens is 302 g/mol. The van der Waals surface area contributed by atoms with Crippen LogP contribution in [0.1, 0.15) is 6.92 Å². The van der Waals surface area contributed by atoms with Crippen molar-refractivity contribution in [2.24, 2.45) is 0 Å². The maximum Gasteiger partial charge on any atom is 0.414 e. The van der Waals surface area contributed by atoms with E-state index in [1.54, 1.807) is 17.1 Å². The molecule has 0 spiro atoms. The molecule has 2 fully saturated rings. The van der Waals surface area contributed by atoms with Gasteiger partial charge in [-0.05, 0) is 13.0 Å². The van der Waals surface area contributed by atoms with Crippen LogP contribution in [0.2, 0.25) is 0 Å². The van der Waals surface area contributed by atoms with Crippen LogP contribution in [0.25, 0.3) is 0 Å². The Hall–Kier alpha value is -2.35. The molecule has 1 N–H and O–H groups in total. The molecule has 0 bridgehead atoms. The number of rotatable bonds is 7. The van der Waals surface area contributed by atoms with Gasteiger partial charge in [0.15, 0.2) is 0 Å². The highest BCUT2D eigenvalue weighted by atomic mass is 16.6. The zero-order chi connectivity index (χ0) is 16.7. The number of cyclic esters (lactones) is 1. The van der Waals surface area contributed by atoms with Gasteiger partial charge in [0.05, 0.1) is 19.7 Å². The quantitative estimate of drug-likeness (QED) is 0.521. The average Bonchev–Trinajstić information content (AvgIpc) is 2.92. The number of morpholine rings is 1. The fraction of sp³-hybridized carbons (Fsp3) is 0.533. The number of carbonyl (C=O) groups is 3. The number of nitrogens with one attached hydrogen (secondary N) is 1. The van der Waals surface area contributed by atoms with Crippen molar-refractivity contribution in [1.29, 1.82) is 0 Å². The van der Waals surface area contributed by atoms with Gasteiger partial charge < -0.3 is 19.7 Å². The van der Waals surface area contributed by atoms with Crippen LogP contribution in [-0.4, -0.2) is 73.7 Å². The molecule has 2 rings (SSSR count). The Kier molecular flexibility index (Phi) is 6.16. The molecule has 23 heavy (non-hydrogen) atoms. The first kappa shape index (κ1) is 17.0. The summed E-state index contributed by atoms with van der Waals surface area (Å²) in [6.45, 7) is 4.19. The second-order valence-corrected chi connectivity index (χ2v) is 5.15. The predicted octanol–water partition coefficient (Wildman–Crippen LogP) is -0.128. The minimum absolute atomic E-state index is 0.0384. The third kappa shape index (κ3) is 4.56. The maximum atomic E-state index is 11.9. The fourth-order valence-electron chi connectivity index (χ4n) is 2.40. The number of nitrogens with zero attached hydrogens (tertiary/aromatic N) is 2. The summed E-state index contributed by atoms with van der Waals surface area (Å²) in [5.41, 5.74) is 0.698. The van der Waals surface area contributed by atoms with E-state index < -0.39 is 6.09 Å². The van der Waals surface area contributed by atoms with E-state index in [2.05, 4.69) is 5.32 Å². The SMILES string of the molecule is C/C=C(\C=C/CN1CCOCC1=O)N1CC(CNC=O)OC1=O. The van der Waals surface area contributed by atoms with Crippen molar-refractivity contribution in [2.75, 3.05) is 39.4 Å². The Morgan fingerprint density at radius 2 is 2.26 bits per heavy atom. The van der Waals surface area contributed by atoms with Gasteiger partial charge in [0.25, 0.3) is 0 Å². The third-order valence-electron chi connectivity index (χ3n) is 3.61. The summed E-state index contributed by atoms with van der Waals surface area (Å²) >= 11 is 0. The minimum atomic E-state index is -0.442. The molecule has 0 aromatic rings. The van der Waals surface area contributed by atoms with E-state index in [1.807, 2.05) is 13.0 Å². The lowest BCUT2D eigenvalue weighted by molar-refractivity contribution is -0.141. The largest absolute Gasteiger partial charge is 0.442 e. The van der Waals surface area contributed by atoms with Crippen LogP contribution in [0.3, 0.4) is 0 Å². The fourth-order valence-corrected chi connectivity index (χ4v) is 2.40. The highest BCUT2D eigenvalue weighted by Crippen LogP contribution is 2.17. The molecule has 2 heterocycles. The Bertz CT molecular complexity index is 517. The molecule has 126 valence electrons. The van der Waals surface area contributed by atoms with Gasteiger partial charge in [-0.15, -0.1) is 0 Å². The Labute approximate surface area is 134 Å². The van der Waals surface area contributed by atoms with Crippen molar-refractivity contribution < 1.29 is 23.9 Å². The normalized spacial score (nSPS) is 22.7. The number of amides is 3. The van der Waals surface area contributed by atoms with Crippen molar-refractivity contribution >= 4 is 18.4 Å². The molecule has 1 atom stereocenters. The van der Waals surface area contributed by atoms with Crippen LogP contribution >= 0.6 is 0 Å². The van der Waals surface area contributed by atoms with E-state index in [4.69, 9.17) is 9.47 Å². The first-order valence-corrected chi connectivity index (χ1v) is 7.49. The van der Waals surface area contributed by atoms with Crippen LogP contribution in [0.15, 0.2) is 23.9 Å². The predicted molar refractivity (Wildman–Crippen MR) is 81.3 cm³/mol. The van der Waals surface area contributed by atoms with Crippen LogP contribution in [0, 0.1) is 0 Å². The highest BCUT2D eigenvalue weighted by molar-refractivity contribution is 5.78. The zero-order valence-corrected chi connectivity index (χ0v) is 13.1. The lowest BCUT2D eigenvalue weighted by Crippen LogP contribution is -2.41. The van der Waals surface area contributed by atoms with Crippen molar-refractivity contribution in [2.45, 2.75) is 13.0 Å². The Morgan fingerprint density at radius 3 is 2.96 bits per heavy atom. The number of ether oxygens (including phenoxy) is 2. The van der Waals surface area contributed by atoms with Gasteiger partial charge in [-0.2, -0.15) is 0 Å². The molecule has 0 aromatic heterocycles. The third-order valence-corrected chi connectivity index (χ3v) is 3.61. The van der Waals surface area contributed by atoms with Gasteiger partial charge in [-0.25, -0.2) is 4.79 Å². The molecule has 2 saturated heterocycles. The number of hydrogen-bond acceptors (Lipinski definition) is 5. The lowest BCUT2D eigenvalue weighted by Gasteiger charge is -2.25. The Balaban J connectivity index is 1.89. The summed E-state index contributed by atoms with van der Waals surface area (Å²) in [7, 11) is 0. The van der Waals surface area contributed by atoms with Crippen LogP contribution < -0.4 is 5.32 Å². The second-order valence-electron chi connectivity index (χ2n) is 5.15. The molecular formula is C15H21N3O5. The molecule has 2 aliphatic heterocycles. The van der Waals surface area contributed by atoms with Gasteiger partial charge in [0, 0.05) is 18.8 Å². The number of carbonyl (C=O) groups excluding carboxylic acids is 3. The van der Waals surface area contributed by atoms with Gasteiger partial charge >= 0.3 is 6.09 Å². The van der Waals surface area contributed by atoms with Crippen molar-refractivity contribution in [3.05, 3.63) is 23.9 Å². The topological polar surface area (TPSA) is 88.2 Å². The molecule has 2 aliphatic rings. The number of hydrogen-bond donors (Lipinski definition) is 1. The van der Waals surface area contributed by atoms with Gasteiger partial charge in [0.1, 0.15) is 12.7 Å². The second kappa shape index (κ2) is 8.33. The van der Waals surface area contributed by atoms with E-state index in [0.29, 0.717) is 38.3 Å². The zero-order valence-electron chi connectivity index (χ0n) is 13.1. The minimum Gasteiger partial charge on any atom is -0.442 e. The van der Waals surface area contributed by atoms with Crippen LogP contribution in [-0.2, 0) is 19.1 Å². The Morgan fingerprint density at radius 1 is 1.43 bits per heavy atom. The van der Waals surface area contributed by atoms with Crippen LogP contribution in [0.5, 0.6) is 0 Å². The standard InChI is InChI=1S/C15H21N3O5/c1-2-12(4-3-5-17-6-7-22-10-14(17)20)18-9-13(8-16-11-19)23-15(18)21/h2-4,11,13H,5-10H2,1H3,(H,16,19)/b4-3-,12-2+. The van der Waals surface area contributed by atoms with Crippen molar-refractivity contribution in [3.63, 3.8) is 0 Å². The van der Waals surface area contributed by atoms with E-state index in [-0.39, 0.29) is 25.2 Å². The van der Waals surface area contributed by atoms with E-state index in [9.17, 15) is 14.4 Å². The van der Waals surface area contributed by atoms with E-state index >= 15 is 0 Å². The summed E-state index contributed by atoms with van der Waals surface area (Å²) in [6, 6.07) is 0. The summed E-state index contributed by atoms with van der Waals surface area (Å²) in [6.07, 6.45) is 5.20. The summed E-state index contributed by atoms with van der Waals surface area (Å²) in [5.74, 6) is -0.0384. The van der Waals surface area contributed by atoms with E-state index in [1.165, 1.54) is 4.90 Å². The van der Waals surface area contributed by atoms with E-state index in [0.717, 1.165) is 0 Å². The first-order valence-electron chi connectivity index (χ1n) is 7.49. The molecule has 0 aromatic carbocycles. The molecule has 0 saturated carbocycles. The molecule has 0 aliphatic carbocycles. The van der Waals surface area contributed by atoms with Gasteiger partial charge in [0.2, 0.25) is 12.3 Å². The summed E-state index contributed by atoms with van der Waals surface area (Å²) < 4.78 is 10.3. The summed E-state index contributed by atoms with van der Waals surface area (Å²) in [4.78, 5) is 37.0.